The predicted molar refractivity (Wildman–Crippen MR) is 110 cm³/mol. The summed E-state index contributed by atoms with van der Waals surface area (Å²) < 4.78 is 18.4. The van der Waals surface area contributed by atoms with Crippen LogP contribution in [0.2, 0.25) is 0 Å². The first-order chi connectivity index (χ1) is 14.2. The van der Waals surface area contributed by atoms with Crippen molar-refractivity contribution in [2.75, 3.05) is 26.8 Å². The van der Waals surface area contributed by atoms with Crippen molar-refractivity contribution in [3.8, 4) is 17.2 Å². The molecule has 29 heavy (non-hydrogen) atoms. The summed E-state index contributed by atoms with van der Waals surface area (Å²) in [7, 11) is 1.73. The molecule has 0 aromatic heterocycles. The van der Waals surface area contributed by atoms with E-state index in [9.17, 15) is 5.11 Å². The van der Waals surface area contributed by atoms with Crippen LogP contribution in [0.3, 0.4) is 0 Å². The van der Waals surface area contributed by atoms with Gasteiger partial charge in [0.25, 0.3) is 0 Å². The fraction of sp³-hybridized carbons (Fsp3) is 0.500. The molecule has 2 aromatic carbocycles. The maximum atomic E-state index is 10.5. The van der Waals surface area contributed by atoms with Crippen LogP contribution in [-0.2, 0) is 11.3 Å². The van der Waals surface area contributed by atoms with Gasteiger partial charge in [0, 0.05) is 56.1 Å². The minimum Gasteiger partial charge on any atom is -0.504 e. The van der Waals surface area contributed by atoms with E-state index in [0.29, 0.717) is 11.7 Å². The molecule has 1 N–H and O–H groups in total. The standard InChI is InChI=1S/C24H29NO4/c1-27-21-10-3-2-6-17(21)16-25-13-11-24(12-14-25)19-8-5-15-28-22(19)18-7-4-9-20(26)23(18)29-24/h2-4,6-7,9-10,19,22,26H,5,8,11-16H2,1H3/t19-,22+/m0/s1. The first-order valence-corrected chi connectivity index (χ1v) is 10.7. The van der Waals surface area contributed by atoms with Crippen LogP contribution in [0.15, 0.2) is 42.5 Å². The molecule has 5 heteroatoms. The molecule has 0 unspecified atom stereocenters. The highest BCUT2D eigenvalue weighted by molar-refractivity contribution is 5.49. The molecule has 3 heterocycles. The topological polar surface area (TPSA) is 51.2 Å². The number of hydrogen-bond acceptors (Lipinski definition) is 5. The fourth-order valence-corrected chi connectivity index (χ4v) is 5.42. The Kier molecular flexibility index (Phi) is 4.88. The zero-order valence-electron chi connectivity index (χ0n) is 17.0. The number of hydrogen-bond donors (Lipinski definition) is 1. The molecule has 0 bridgehead atoms. The molecule has 2 saturated heterocycles. The second-order valence-electron chi connectivity index (χ2n) is 8.49. The summed E-state index contributed by atoms with van der Waals surface area (Å²) >= 11 is 0. The fourth-order valence-electron chi connectivity index (χ4n) is 5.42. The summed E-state index contributed by atoms with van der Waals surface area (Å²) in [6.07, 6.45) is 4.11. The molecule has 0 saturated carbocycles. The van der Waals surface area contributed by atoms with Crippen LogP contribution in [0.1, 0.15) is 42.9 Å². The lowest BCUT2D eigenvalue weighted by molar-refractivity contribution is -0.150. The third-order valence-electron chi connectivity index (χ3n) is 6.92. The third-order valence-corrected chi connectivity index (χ3v) is 6.92. The Balaban J connectivity index is 1.37. The van der Waals surface area contributed by atoms with E-state index in [1.165, 1.54) is 5.56 Å². The van der Waals surface area contributed by atoms with Gasteiger partial charge in [-0.05, 0) is 25.0 Å². The number of nitrogens with zero attached hydrogens (tertiary/aromatic N) is 1. The van der Waals surface area contributed by atoms with Gasteiger partial charge in [-0.1, -0.05) is 30.3 Å². The highest BCUT2D eigenvalue weighted by Crippen LogP contribution is 2.55. The van der Waals surface area contributed by atoms with Crippen molar-refractivity contribution in [3.05, 3.63) is 53.6 Å². The van der Waals surface area contributed by atoms with Crippen molar-refractivity contribution < 1.29 is 19.3 Å². The molecule has 3 aliphatic heterocycles. The monoisotopic (exact) mass is 395 g/mol. The van der Waals surface area contributed by atoms with Crippen molar-refractivity contribution in [2.45, 2.75) is 43.9 Å². The maximum Gasteiger partial charge on any atom is 0.167 e. The van der Waals surface area contributed by atoms with Crippen LogP contribution in [0, 0.1) is 5.92 Å². The maximum absolute atomic E-state index is 10.5. The van der Waals surface area contributed by atoms with Crippen molar-refractivity contribution >= 4 is 0 Å². The Labute approximate surface area is 172 Å². The molecule has 1 spiro atoms. The minimum absolute atomic E-state index is 0.0281. The Morgan fingerprint density at radius 2 is 1.97 bits per heavy atom. The van der Waals surface area contributed by atoms with Gasteiger partial charge in [0.1, 0.15) is 11.4 Å². The normalized spacial score (nSPS) is 25.7. The van der Waals surface area contributed by atoms with E-state index in [1.54, 1.807) is 13.2 Å². The smallest absolute Gasteiger partial charge is 0.167 e. The molecule has 0 aliphatic carbocycles. The zero-order chi connectivity index (χ0) is 19.8. The number of para-hydroxylation sites is 2. The highest BCUT2D eigenvalue weighted by Gasteiger charge is 2.52. The van der Waals surface area contributed by atoms with Gasteiger partial charge in [-0.25, -0.2) is 0 Å². The van der Waals surface area contributed by atoms with Gasteiger partial charge in [0.15, 0.2) is 11.5 Å². The Hall–Kier alpha value is -2.24. The summed E-state index contributed by atoms with van der Waals surface area (Å²) in [6.45, 7) is 3.59. The van der Waals surface area contributed by atoms with E-state index < -0.39 is 0 Å². The lowest BCUT2D eigenvalue weighted by Crippen LogP contribution is -2.57. The summed E-state index contributed by atoms with van der Waals surface area (Å²) in [5.41, 5.74) is 1.97. The van der Waals surface area contributed by atoms with Crippen LogP contribution in [0.5, 0.6) is 17.2 Å². The molecular weight excluding hydrogens is 366 g/mol. The summed E-state index contributed by atoms with van der Waals surface area (Å²) in [5.74, 6) is 2.15. The van der Waals surface area contributed by atoms with Gasteiger partial charge in [-0.3, -0.25) is 4.90 Å². The highest BCUT2D eigenvalue weighted by atomic mass is 16.5. The molecule has 2 atom stereocenters. The SMILES string of the molecule is COc1ccccc1CN1CCC2(CC1)Oc1c(O)cccc1[C@H]1OCCC[C@@H]12. The van der Waals surface area contributed by atoms with Crippen LogP contribution in [0.4, 0.5) is 0 Å². The van der Waals surface area contributed by atoms with Crippen molar-refractivity contribution in [2.24, 2.45) is 5.92 Å². The molecule has 154 valence electrons. The van der Waals surface area contributed by atoms with E-state index in [2.05, 4.69) is 17.0 Å². The first-order valence-electron chi connectivity index (χ1n) is 10.7. The summed E-state index contributed by atoms with van der Waals surface area (Å²) in [5, 5.41) is 10.5. The average molecular weight is 395 g/mol. The number of aromatic hydroxyl groups is 1. The number of ether oxygens (including phenoxy) is 3. The second kappa shape index (κ2) is 7.54. The van der Waals surface area contributed by atoms with Crippen molar-refractivity contribution in [1.29, 1.82) is 0 Å². The average Bonchev–Trinajstić information content (AvgIpc) is 2.77. The van der Waals surface area contributed by atoms with E-state index in [4.69, 9.17) is 14.2 Å². The van der Waals surface area contributed by atoms with Gasteiger partial charge in [-0.2, -0.15) is 0 Å². The van der Waals surface area contributed by atoms with Gasteiger partial charge in [0.05, 0.1) is 13.2 Å². The lowest BCUT2D eigenvalue weighted by Gasteiger charge is -2.53. The van der Waals surface area contributed by atoms with E-state index in [-0.39, 0.29) is 17.5 Å². The Morgan fingerprint density at radius 3 is 2.79 bits per heavy atom. The van der Waals surface area contributed by atoms with Gasteiger partial charge < -0.3 is 19.3 Å². The molecule has 0 amide bonds. The molecule has 3 aliphatic rings. The van der Waals surface area contributed by atoms with Crippen LogP contribution >= 0.6 is 0 Å². The third kappa shape index (κ3) is 3.26. The Morgan fingerprint density at radius 1 is 1.14 bits per heavy atom. The van der Waals surface area contributed by atoms with Gasteiger partial charge in [-0.15, -0.1) is 0 Å². The van der Waals surface area contributed by atoms with Gasteiger partial charge >= 0.3 is 0 Å². The number of methoxy groups -OCH3 is 1. The molecule has 0 radical (unpaired) electrons. The first kappa shape index (κ1) is 18.8. The number of benzene rings is 2. The van der Waals surface area contributed by atoms with E-state index in [0.717, 1.165) is 63.2 Å². The number of piperidine rings is 1. The number of likely N-dealkylation sites (tertiary alicyclic amines) is 1. The largest absolute Gasteiger partial charge is 0.504 e. The van der Waals surface area contributed by atoms with Crippen molar-refractivity contribution in [3.63, 3.8) is 0 Å². The quantitative estimate of drug-likeness (QED) is 0.840. The van der Waals surface area contributed by atoms with Crippen LogP contribution in [-0.4, -0.2) is 42.4 Å². The van der Waals surface area contributed by atoms with E-state index >= 15 is 0 Å². The number of rotatable bonds is 3. The molecule has 5 rings (SSSR count). The van der Waals surface area contributed by atoms with Gasteiger partial charge in [0.2, 0.25) is 0 Å². The number of phenols is 1. The van der Waals surface area contributed by atoms with Crippen molar-refractivity contribution in [1.82, 2.24) is 4.90 Å². The van der Waals surface area contributed by atoms with Crippen LogP contribution < -0.4 is 9.47 Å². The molecule has 2 fully saturated rings. The second-order valence-corrected chi connectivity index (χ2v) is 8.49. The number of fused-ring (bicyclic) bond motifs is 4. The molecule has 2 aromatic rings. The minimum atomic E-state index is -0.256. The van der Waals surface area contributed by atoms with E-state index in [1.807, 2.05) is 24.3 Å². The summed E-state index contributed by atoms with van der Waals surface area (Å²) in [4.78, 5) is 2.48. The Bertz CT molecular complexity index is 875. The van der Waals surface area contributed by atoms with Crippen LogP contribution in [0.25, 0.3) is 0 Å². The lowest BCUT2D eigenvalue weighted by atomic mass is 9.70. The molecular formula is C24H29NO4. The summed E-state index contributed by atoms with van der Waals surface area (Å²) in [6, 6.07) is 13.9. The molecule has 5 nitrogen and oxygen atoms in total. The number of phenolic OH excluding ortho intramolecular Hbond substituents is 1. The zero-order valence-corrected chi connectivity index (χ0v) is 17.0. The predicted octanol–water partition coefficient (Wildman–Crippen LogP) is 4.30.